The highest BCUT2D eigenvalue weighted by molar-refractivity contribution is 5.38. The molecule has 0 saturated carbocycles. The maximum Gasteiger partial charge on any atom is 0.124 e. The normalized spacial score (nSPS) is 23.8. The van der Waals surface area contributed by atoms with Gasteiger partial charge in [-0.25, -0.2) is 0 Å². The topological polar surface area (TPSA) is 24.5 Å². The van der Waals surface area contributed by atoms with Gasteiger partial charge in [-0.3, -0.25) is 4.90 Å². The number of likely N-dealkylation sites (N-methyl/N-ethyl adjacent to an activating group) is 2. The van der Waals surface area contributed by atoms with Crippen molar-refractivity contribution < 1.29 is 4.74 Å². The Labute approximate surface area is 116 Å². The van der Waals surface area contributed by atoms with Crippen molar-refractivity contribution in [3.05, 3.63) is 29.8 Å². The molecule has 0 spiro atoms. The van der Waals surface area contributed by atoms with E-state index in [2.05, 4.69) is 49.3 Å². The molecular formula is C16H26N2O. The van der Waals surface area contributed by atoms with Gasteiger partial charge in [0.1, 0.15) is 12.4 Å². The van der Waals surface area contributed by atoms with Gasteiger partial charge in [0.2, 0.25) is 0 Å². The Kier molecular flexibility index (Phi) is 4.83. The Morgan fingerprint density at radius 3 is 2.84 bits per heavy atom. The molecule has 1 N–H and O–H groups in total. The van der Waals surface area contributed by atoms with Crippen LogP contribution in [-0.4, -0.2) is 37.7 Å². The second-order valence-corrected chi connectivity index (χ2v) is 5.49. The quantitative estimate of drug-likeness (QED) is 0.883. The van der Waals surface area contributed by atoms with Gasteiger partial charge in [-0.15, -0.1) is 0 Å². The summed E-state index contributed by atoms with van der Waals surface area (Å²) in [4.78, 5) is 2.46. The fourth-order valence-electron chi connectivity index (χ4n) is 3.00. The maximum absolute atomic E-state index is 5.94. The van der Waals surface area contributed by atoms with Crippen LogP contribution in [0.4, 0.5) is 0 Å². The highest BCUT2D eigenvalue weighted by Crippen LogP contribution is 2.34. The zero-order valence-electron chi connectivity index (χ0n) is 12.5. The third-order valence-electron chi connectivity index (χ3n) is 4.28. The second kappa shape index (κ2) is 6.40. The number of benzene rings is 1. The van der Waals surface area contributed by atoms with Crippen LogP contribution < -0.4 is 10.1 Å². The summed E-state index contributed by atoms with van der Waals surface area (Å²) in [6.07, 6.45) is 2.45. The lowest BCUT2D eigenvalue weighted by molar-refractivity contribution is 0.0784. The molecule has 3 unspecified atom stereocenters. The molecule has 3 nitrogen and oxygen atoms in total. The number of fused-ring (bicyclic) bond motifs is 1. The molecule has 3 heteroatoms. The number of nitrogens with one attached hydrogen (secondary N) is 1. The Hall–Kier alpha value is -1.06. The fraction of sp³-hybridized carbons (Fsp3) is 0.625. The minimum absolute atomic E-state index is 0.342. The van der Waals surface area contributed by atoms with Crippen molar-refractivity contribution in [1.29, 1.82) is 0 Å². The molecule has 0 aliphatic carbocycles. The van der Waals surface area contributed by atoms with Crippen LogP contribution in [0, 0.1) is 0 Å². The van der Waals surface area contributed by atoms with Gasteiger partial charge in [0.25, 0.3) is 0 Å². The van der Waals surface area contributed by atoms with Crippen LogP contribution in [0.2, 0.25) is 0 Å². The Morgan fingerprint density at radius 2 is 2.16 bits per heavy atom. The van der Waals surface area contributed by atoms with Crippen molar-refractivity contribution in [3.63, 3.8) is 0 Å². The van der Waals surface area contributed by atoms with Gasteiger partial charge in [0.15, 0.2) is 0 Å². The van der Waals surface area contributed by atoms with Gasteiger partial charge in [0.05, 0.1) is 12.1 Å². The summed E-state index contributed by atoms with van der Waals surface area (Å²) in [5.74, 6) is 1.02. The summed E-state index contributed by atoms with van der Waals surface area (Å²) in [6.45, 7) is 5.30. The average Bonchev–Trinajstić information content (AvgIpc) is 2.45. The number of hydrogen-bond acceptors (Lipinski definition) is 3. The number of ether oxygens (including phenoxy) is 1. The Bertz CT molecular complexity index is 407. The number of hydrogen-bond donors (Lipinski definition) is 1. The van der Waals surface area contributed by atoms with Gasteiger partial charge >= 0.3 is 0 Å². The lowest BCUT2D eigenvalue weighted by atomic mass is 9.94. The largest absolute Gasteiger partial charge is 0.492 e. The molecule has 1 heterocycles. The van der Waals surface area contributed by atoms with Gasteiger partial charge in [0, 0.05) is 11.6 Å². The van der Waals surface area contributed by atoms with E-state index in [9.17, 15) is 0 Å². The van der Waals surface area contributed by atoms with Crippen molar-refractivity contribution in [2.24, 2.45) is 0 Å². The van der Waals surface area contributed by atoms with Crippen molar-refractivity contribution in [2.75, 3.05) is 20.7 Å². The number of rotatable bonds is 5. The molecule has 0 fully saturated rings. The molecule has 3 atom stereocenters. The molecule has 0 aromatic heterocycles. The van der Waals surface area contributed by atoms with E-state index in [4.69, 9.17) is 4.74 Å². The van der Waals surface area contributed by atoms with Crippen LogP contribution in [0.5, 0.6) is 5.75 Å². The molecule has 0 saturated heterocycles. The molecule has 0 amide bonds. The van der Waals surface area contributed by atoms with Crippen LogP contribution in [0.3, 0.4) is 0 Å². The fourth-order valence-corrected chi connectivity index (χ4v) is 3.00. The molecule has 2 rings (SSSR count). The predicted molar refractivity (Wildman–Crippen MR) is 79.7 cm³/mol. The van der Waals surface area contributed by atoms with Crippen LogP contribution in [0.1, 0.15) is 38.3 Å². The van der Waals surface area contributed by atoms with Crippen molar-refractivity contribution in [3.8, 4) is 5.75 Å². The van der Waals surface area contributed by atoms with Crippen LogP contribution in [0.15, 0.2) is 24.3 Å². The minimum atomic E-state index is 0.342. The molecule has 1 aromatic carbocycles. The molecule has 1 aliphatic heterocycles. The first kappa shape index (κ1) is 14.4. The summed E-state index contributed by atoms with van der Waals surface area (Å²) < 4.78 is 5.94. The summed E-state index contributed by atoms with van der Waals surface area (Å²) >= 11 is 0. The molecule has 1 aliphatic rings. The van der Waals surface area contributed by atoms with Gasteiger partial charge < -0.3 is 10.1 Å². The SMILES string of the molecule is CCCC(C)N(C)C1COc2ccccc2C1NC. The zero-order valence-corrected chi connectivity index (χ0v) is 12.5. The first-order valence-electron chi connectivity index (χ1n) is 7.30. The number of para-hydroxylation sites is 1. The van der Waals surface area contributed by atoms with Crippen LogP contribution >= 0.6 is 0 Å². The van der Waals surface area contributed by atoms with E-state index < -0.39 is 0 Å². The minimum Gasteiger partial charge on any atom is -0.492 e. The first-order valence-corrected chi connectivity index (χ1v) is 7.30. The lowest BCUT2D eigenvalue weighted by Gasteiger charge is -2.41. The zero-order chi connectivity index (χ0) is 13.8. The van der Waals surface area contributed by atoms with E-state index in [1.807, 2.05) is 13.1 Å². The van der Waals surface area contributed by atoms with Crippen LogP contribution in [-0.2, 0) is 0 Å². The van der Waals surface area contributed by atoms with Crippen molar-refractivity contribution in [2.45, 2.75) is 44.8 Å². The van der Waals surface area contributed by atoms with Gasteiger partial charge in [-0.05, 0) is 33.5 Å². The molecule has 1 aromatic rings. The molecule has 106 valence electrons. The molecule has 19 heavy (non-hydrogen) atoms. The van der Waals surface area contributed by atoms with E-state index in [0.717, 1.165) is 12.4 Å². The average molecular weight is 262 g/mol. The Morgan fingerprint density at radius 1 is 1.42 bits per heavy atom. The maximum atomic E-state index is 5.94. The van der Waals surface area contributed by atoms with Gasteiger partial charge in [-0.2, -0.15) is 0 Å². The molecule has 0 bridgehead atoms. The van der Waals surface area contributed by atoms with Gasteiger partial charge in [-0.1, -0.05) is 31.5 Å². The van der Waals surface area contributed by atoms with Crippen molar-refractivity contribution >= 4 is 0 Å². The van der Waals surface area contributed by atoms with Crippen LogP contribution in [0.25, 0.3) is 0 Å². The predicted octanol–water partition coefficient (Wildman–Crippen LogP) is 2.83. The Balaban J connectivity index is 2.19. The van der Waals surface area contributed by atoms with E-state index in [1.165, 1.54) is 18.4 Å². The monoisotopic (exact) mass is 262 g/mol. The smallest absolute Gasteiger partial charge is 0.124 e. The standard InChI is InChI=1S/C16H26N2O/c1-5-8-12(2)18(4)14-11-19-15-10-7-6-9-13(15)16(14)17-3/h6-7,9-10,12,14,16-17H,5,8,11H2,1-4H3. The van der Waals surface area contributed by atoms with E-state index in [0.29, 0.717) is 18.1 Å². The molecular weight excluding hydrogens is 236 g/mol. The number of nitrogens with zero attached hydrogens (tertiary/aromatic N) is 1. The van der Waals surface area contributed by atoms with E-state index in [1.54, 1.807) is 0 Å². The third-order valence-corrected chi connectivity index (χ3v) is 4.28. The third kappa shape index (κ3) is 2.93. The second-order valence-electron chi connectivity index (χ2n) is 5.49. The van der Waals surface area contributed by atoms with Crippen molar-refractivity contribution in [1.82, 2.24) is 10.2 Å². The summed E-state index contributed by atoms with van der Waals surface area (Å²) in [7, 11) is 4.25. The van der Waals surface area contributed by atoms with E-state index >= 15 is 0 Å². The lowest BCUT2D eigenvalue weighted by Crippen LogP contribution is -2.50. The first-order chi connectivity index (χ1) is 9.19. The summed E-state index contributed by atoms with van der Waals surface area (Å²) in [6, 6.07) is 9.67. The highest BCUT2D eigenvalue weighted by atomic mass is 16.5. The summed E-state index contributed by atoms with van der Waals surface area (Å²) in [5.41, 5.74) is 1.27. The molecule has 0 radical (unpaired) electrons. The van der Waals surface area contributed by atoms with E-state index in [-0.39, 0.29) is 0 Å². The highest BCUT2D eigenvalue weighted by Gasteiger charge is 2.33. The summed E-state index contributed by atoms with van der Waals surface area (Å²) in [5, 5.41) is 3.47.